The summed E-state index contributed by atoms with van der Waals surface area (Å²) in [7, 11) is 0. The Balaban J connectivity index is 0. The van der Waals surface area contributed by atoms with Gasteiger partial charge in [0.05, 0.1) is 0 Å². The number of carboxylic acids is 1. The molecule has 14 heavy (non-hydrogen) atoms. The number of primary amides is 1. The molecular weight excluding hydrogens is 209 g/mol. The van der Waals surface area contributed by atoms with Crippen LogP contribution in [0.5, 0.6) is 0 Å². The molecule has 0 aliphatic heterocycles. The van der Waals surface area contributed by atoms with E-state index >= 15 is 0 Å². The predicted molar refractivity (Wildman–Crippen MR) is 56.3 cm³/mol. The molecule has 0 bridgehead atoms. The molecule has 0 atom stereocenters. The third-order valence-corrected chi connectivity index (χ3v) is 1.81. The van der Waals surface area contributed by atoms with Gasteiger partial charge in [-0.25, -0.2) is 0 Å². The van der Waals surface area contributed by atoms with Crippen LogP contribution in [-0.4, -0.2) is 68.4 Å². The number of hydrogen-bond acceptors (Lipinski definition) is 2. The van der Waals surface area contributed by atoms with Crippen LogP contribution in [-0.2, 0) is 9.59 Å². The standard InChI is InChI=1S/C9H17NO3.K.H/c10-8(11)6-4-2-1-3-5-7-9(12)13;;/h1-7H2,(H2,10,11)(H,12,13);;. The van der Waals surface area contributed by atoms with E-state index in [1.807, 2.05) is 0 Å². The molecule has 0 saturated carbocycles. The zero-order chi connectivity index (χ0) is 10.1. The zero-order valence-electron chi connectivity index (χ0n) is 7.79. The van der Waals surface area contributed by atoms with Gasteiger partial charge in [0, 0.05) is 12.8 Å². The van der Waals surface area contributed by atoms with Gasteiger partial charge < -0.3 is 10.8 Å². The number of carbonyl (C=O) groups is 2. The van der Waals surface area contributed by atoms with Crippen molar-refractivity contribution in [3.63, 3.8) is 0 Å². The van der Waals surface area contributed by atoms with Crippen LogP contribution in [0.25, 0.3) is 0 Å². The van der Waals surface area contributed by atoms with Gasteiger partial charge in [0.15, 0.2) is 0 Å². The Kier molecular flexibility index (Phi) is 14.1. The number of amides is 1. The first-order valence-corrected chi connectivity index (χ1v) is 4.63. The molecule has 0 radical (unpaired) electrons. The van der Waals surface area contributed by atoms with Crippen molar-refractivity contribution in [1.82, 2.24) is 0 Å². The second kappa shape index (κ2) is 11.7. The summed E-state index contributed by atoms with van der Waals surface area (Å²) in [5.41, 5.74) is 4.96. The van der Waals surface area contributed by atoms with E-state index in [0.29, 0.717) is 6.42 Å². The molecule has 0 aromatic heterocycles. The van der Waals surface area contributed by atoms with Gasteiger partial charge in [-0.1, -0.05) is 19.3 Å². The number of unbranched alkanes of at least 4 members (excludes halogenated alkanes) is 4. The molecule has 0 unspecified atom stereocenters. The maximum absolute atomic E-state index is 10.3. The van der Waals surface area contributed by atoms with Crippen molar-refractivity contribution in [3.8, 4) is 0 Å². The second-order valence-electron chi connectivity index (χ2n) is 3.13. The third-order valence-electron chi connectivity index (χ3n) is 1.81. The molecule has 0 saturated heterocycles. The van der Waals surface area contributed by atoms with Crippen molar-refractivity contribution < 1.29 is 14.7 Å². The Bertz CT molecular complexity index is 155. The van der Waals surface area contributed by atoms with Crippen molar-refractivity contribution in [2.24, 2.45) is 5.73 Å². The number of carboxylic acid groups (broad SMARTS) is 1. The van der Waals surface area contributed by atoms with Crippen molar-refractivity contribution in [3.05, 3.63) is 0 Å². The van der Waals surface area contributed by atoms with E-state index in [0.717, 1.165) is 32.1 Å². The summed E-state index contributed by atoms with van der Waals surface area (Å²) in [6, 6.07) is 0. The Morgan fingerprint density at radius 1 is 0.929 bits per heavy atom. The quantitative estimate of drug-likeness (QED) is 0.471. The first kappa shape index (κ1) is 17.0. The summed E-state index contributed by atoms with van der Waals surface area (Å²) in [6.07, 6.45) is 5.11. The number of carbonyl (C=O) groups excluding carboxylic acids is 1. The van der Waals surface area contributed by atoms with Crippen LogP contribution < -0.4 is 5.73 Å². The van der Waals surface area contributed by atoms with Gasteiger partial charge >= 0.3 is 57.4 Å². The van der Waals surface area contributed by atoms with E-state index in [-0.39, 0.29) is 63.7 Å². The van der Waals surface area contributed by atoms with E-state index in [2.05, 4.69) is 0 Å². The molecule has 0 rings (SSSR count). The number of hydrogen-bond donors (Lipinski definition) is 2. The van der Waals surface area contributed by atoms with E-state index < -0.39 is 5.97 Å². The van der Waals surface area contributed by atoms with Gasteiger partial charge in [-0.2, -0.15) is 0 Å². The fourth-order valence-electron chi connectivity index (χ4n) is 1.11. The first-order valence-electron chi connectivity index (χ1n) is 4.63. The summed E-state index contributed by atoms with van der Waals surface area (Å²) in [5, 5.41) is 8.33. The van der Waals surface area contributed by atoms with Gasteiger partial charge in [-0.05, 0) is 12.8 Å². The minimum absolute atomic E-state index is 0. The van der Waals surface area contributed by atoms with Crippen LogP contribution in [0.15, 0.2) is 0 Å². The second-order valence-corrected chi connectivity index (χ2v) is 3.13. The maximum atomic E-state index is 10.3. The van der Waals surface area contributed by atoms with Gasteiger partial charge in [0.1, 0.15) is 0 Å². The molecule has 3 N–H and O–H groups in total. The van der Waals surface area contributed by atoms with Crippen molar-refractivity contribution >= 4 is 63.3 Å². The average Bonchev–Trinajstić information content (AvgIpc) is 2.01. The number of aliphatic carboxylic acids is 1. The summed E-state index contributed by atoms with van der Waals surface area (Å²) in [6.45, 7) is 0. The molecule has 0 aromatic carbocycles. The van der Waals surface area contributed by atoms with Gasteiger partial charge in [-0.3, -0.25) is 9.59 Å². The van der Waals surface area contributed by atoms with Crippen LogP contribution >= 0.6 is 0 Å². The topological polar surface area (TPSA) is 80.4 Å². The van der Waals surface area contributed by atoms with Crippen LogP contribution in [0.2, 0.25) is 0 Å². The van der Waals surface area contributed by atoms with Crippen LogP contribution in [0.4, 0.5) is 0 Å². The van der Waals surface area contributed by atoms with Crippen LogP contribution in [0, 0.1) is 0 Å². The molecule has 0 fully saturated rings. The fourth-order valence-corrected chi connectivity index (χ4v) is 1.11. The summed E-state index contributed by atoms with van der Waals surface area (Å²) < 4.78 is 0. The van der Waals surface area contributed by atoms with E-state index in [1.54, 1.807) is 0 Å². The minimum atomic E-state index is -0.739. The van der Waals surface area contributed by atoms with Gasteiger partial charge in [0.2, 0.25) is 5.91 Å². The monoisotopic (exact) mass is 227 g/mol. The SMILES string of the molecule is NC(=O)CCCCCCCC(=O)O.[KH]. The van der Waals surface area contributed by atoms with Crippen LogP contribution in [0.1, 0.15) is 44.9 Å². The average molecular weight is 227 g/mol. The first-order chi connectivity index (χ1) is 6.13. The molecule has 4 nitrogen and oxygen atoms in total. The van der Waals surface area contributed by atoms with Gasteiger partial charge in [-0.15, -0.1) is 0 Å². The summed E-state index contributed by atoms with van der Waals surface area (Å²) >= 11 is 0. The zero-order valence-corrected chi connectivity index (χ0v) is 7.79. The molecule has 0 aliphatic rings. The molecule has 0 heterocycles. The molecule has 0 aromatic rings. The van der Waals surface area contributed by atoms with Crippen molar-refractivity contribution in [2.75, 3.05) is 0 Å². The Morgan fingerprint density at radius 2 is 1.36 bits per heavy atom. The Labute approximate surface area is 127 Å². The van der Waals surface area contributed by atoms with Crippen LogP contribution in [0.3, 0.4) is 0 Å². The molecule has 1 amide bonds. The number of nitrogens with two attached hydrogens (primary N) is 1. The Morgan fingerprint density at radius 3 is 1.79 bits per heavy atom. The molecule has 78 valence electrons. The summed E-state index contributed by atoms with van der Waals surface area (Å²) in [5.74, 6) is -0.998. The molecular formula is C9H18KNO3. The predicted octanol–water partition coefficient (Wildman–Crippen LogP) is 0.638. The van der Waals surface area contributed by atoms with Crippen molar-refractivity contribution in [2.45, 2.75) is 44.9 Å². The van der Waals surface area contributed by atoms with Crippen molar-refractivity contribution in [1.29, 1.82) is 0 Å². The van der Waals surface area contributed by atoms with E-state index in [1.165, 1.54) is 0 Å². The van der Waals surface area contributed by atoms with E-state index in [4.69, 9.17) is 10.8 Å². The number of rotatable bonds is 8. The van der Waals surface area contributed by atoms with E-state index in [9.17, 15) is 9.59 Å². The fraction of sp³-hybridized carbons (Fsp3) is 0.778. The third kappa shape index (κ3) is 15.1. The van der Waals surface area contributed by atoms with Gasteiger partial charge in [0.25, 0.3) is 0 Å². The molecule has 0 spiro atoms. The molecule has 5 heteroatoms. The normalized spacial score (nSPS) is 9.14. The molecule has 0 aliphatic carbocycles. The summed E-state index contributed by atoms with van der Waals surface area (Å²) in [4.78, 5) is 20.4. The Hall–Kier alpha value is 0.576.